The molecule has 0 radical (unpaired) electrons. The van der Waals surface area contributed by atoms with Gasteiger partial charge in [0.25, 0.3) is 5.91 Å². The van der Waals surface area contributed by atoms with Crippen LogP contribution in [-0.4, -0.2) is 30.6 Å². The molecule has 0 aromatic heterocycles. The van der Waals surface area contributed by atoms with Crippen molar-refractivity contribution in [1.29, 1.82) is 0 Å². The molecule has 1 aliphatic rings. The third kappa shape index (κ3) is 4.91. The molecule has 1 amide bonds. The summed E-state index contributed by atoms with van der Waals surface area (Å²) in [6.45, 7) is 3.42. The minimum atomic E-state index is -0.795. The predicted octanol–water partition coefficient (Wildman–Crippen LogP) is 6.13. The number of fused-ring (bicyclic) bond motifs is 1. The van der Waals surface area contributed by atoms with Crippen LogP contribution < -0.4 is 14.8 Å². The maximum atomic E-state index is 13.8. The SMILES string of the molecule is CC1(c2ccccc2OCCOc2ccccc2)Nc2ccccc2C(=O)N1CCc1ccccc1. The van der Waals surface area contributed by atoms with Gasteiger partial charge in [-0.1, -0.05) is 78.9 Å². The lowest BCUT2D eigenvalue weighted by Gasteiger charge is -2.47. The van der Waals surface area contributed by atoms with Gasteiger partial charge in [-0.05, 0) is 49.2 Å². The first-order chi connectivity index (χ1) is 17.6. The lowest BCUT2D eigenvalue weighted by Crippen LogP contribution is -2.56. The van der Waals surface area contributed by atoms with Crippen LogP contribution in [0.3, 0.4) is 0 Å². The van der Waals surface area contributed by atoms with Gasteiger partial charge in [0.1, 0.15) is 30.4 Å². The van der Waals surface area contributed by atoms with Crippen LogP contribution in [0.4, 0.5) is 5.69 Å². The van der Waals surface area contributed by atoms with Crippen molar-refractivity contribution in [3.05, 3.63) is 126 Å². The minimum absolute atomic E-state index is 0.00463. The van der Waals surface area contributed by atoms with Gasteiger partial charge < -0.3 is 19.7 Å². The lowest BCUT2D eigenvalue weighted by molar-refractivity contribution is 0.0531. The number of para-hydroxylation sites is 3. The fourth-order valence-electron chi connectivity index (χ4n) is 4.70. The van der Waals surface area contributed by atoms with Gasteiger partial charge in [-0.25, -0.2) is 0 Å². The normalized spacial score (nSPS) is 16.7. The van der Waals surface area contributed by atoms with Gasteiger partial charge in [0, 0.05) is 17.8 Å². The van der Waals surface area contributed by atoms with Gasteiger partial charge in [-0.2, -0.15) is 0 Å². The zero-order chi connectivity index (χ0) is 24.8. The molecule has 5 nitrogen and oxygen atoms in total. The van der Waals surface area contributed by atoms with Gasteiger partial charge in [-0.15, -0.1) is 0 Å². The molecule has 5 heteroatoms. The van der Waals surface area contributed by atoms with E-state index in [1.54, 1.807) is 0 Å². The van der Waals surface area contributed by atoms with E-state index in [1.165, 1.54) is 5.56 Å². The molecule has 0 bridgehead atoms. The fraction of sp³-hybridized carbons (Fsp3) is 0.194. The second-order valence-corrected chi connectivity index (χ2v) is 8.94. The van der Waals surface area contributed by atoms with Crippen LogP contribution in [-0.2, 0) is 12.1 Å². The second-order valence-electron chi connectivity index (χ2n) is 8.94. The highest BCUT2D eigenvalue weighted by Crippen LogP contribution is 2.41. The third-order valence-corrected chi connectivity index (χ3v) is 6.55. The van der Waals surface area contributed by atoms with Gasteiger partial charge >= 0.3 is 0 Å². The van der Waals surface area contributed by atoms with Gasteiger partial charge in [-0.3, -0.25) is 4.79 Å². The third-order valence-electron chi connectivity index (χ3n) is 6.55. The van der Waals surface area contributed by atoms with Gasteiger partial charge in [0.2, 0.25) is 0 Å². The second kappa shape index (κ2) is 10.6. The average molecular weight is 479 g/mol. The number of nitrogens with one attached hydrogen (secondary N) is 1. The van der Waals surface area contributed by atoms with Crippen LogP contribution in [0.2, 0.25) is 0 Å². The van der Waals surface area contributed by atoms with E-state index in [1.807, 2.05) is 102 Å². The zero-order valence-corrected chi connectivity index (χ0v) is 20.4. The summed E-state index contributed by atoms with van der Waals surface area (Å²) in [7, 11) is 0. The summed E-state index contributed by atoms with van der Waals surface area (Å²) in [4.78, 5) is 15.7. The van der Waals surface area contributed by atoms with Crippen molar-refractivity contribution in [2.24, 2.45) is 0 Å². The number of amides is 1. The number of rotatable bonds is 9. The number of nitrogens with zero attached hydrogens (tertiary/aromatic N) is 1. The molecule has 0 saturated heterocycles. The molecule has 0 fully saturated rings. The van der Waals surface area contributed by atoms with Crippen LogP contribution in [0.1, 0.15) is 28.4 Å². The van der Waals surface area contributed by atoms with Crippen LogP contribution in [0.15, 0.2) is 109 Å². The number of anilines is 1. The van der Waals surface area contributed by atoms with E-state index < -0.39 is 5.66 Å². The molecular weight excluding hydrogens is 448 g/mol. The quantitative estimate of drug-likeness (QED) is 0.294. The number of hydrogen-bond acceptors (Lipinski definition) is 4. The molecular formula is C31H30N2O3. The predicted molar refractivity (Wildman–Crippen MR) is 142 cm³/mol. The average Bonchev–Trinajstić information content (AvgIpc) is 2.92. The smallest absolute Gasteiger partial charge is 0.258 e. The van der Waals surface area contributed by atoms with Gasteiger partial charge in [0.05, 0.1) is 5.56 Å². The van der Waals surface area contributed by atoms with E-state index in [0.29, 0.717) is 25.3 Å². The standard InChI is InChI=1S/C31H30N2O3/c1-31(27-17-9-11-19-29(27)36-23-22-35-25-14-6-3-7-15-25)32-28-18-10-8-16-26(28)30(34)33(31)21-20-24-12-4-2-5-13-24/h2-19,32H,20-23H2,1H3. The Balaban J connectivity index is 1.41. The summed E-state index contributed by atoms with van der Waals surface area (Å²) in [5.74, 6) is 1.54. The van der Waals surface area contributed by atoms with Crippen LogP contribution in [0, 0.1) is 0 Å². The molecule has 36 heavy (non-hydrogen) atoms. The Bertz CT molecular complexity index is 1310. The van der Waals surface area contributed by atoms with Crippen molar-refractivity contribution in [1.82, 2.24) is 4.90 Å². The molecule has 1 aliphatic heterocycles. The van der Waals surface area contributed by atoms with Crippen LogP contribution in [0.25, 0.3) is 0 Å². The molecule has 5 rings (SSSR count). The number of hydrogen-bond donors (Lipinski definition) is 1. The number of carbonyl (C=O) groups excluding carboxylic acids is 1. The Morgan fingerprint density at radius 1 is 0.750 bits per heavy atom. The Hall–Kier alpha value is -4.25. The first kappa shape index (κ1) is 23.5. The topological polar surface area (TPSA) is 50.8 Å². The summed E-state index contributed by atoms with van der Waals surface area (Å²) >= 11 is 0. The maximum Gasteiger partial charge on any atom is 0.258 e. The summed E-state index contributed by atoms with van der Waals surface area (Å²) in [6, 6.07) is 35.5. The Kier molecular flexibility index (Phi) is 6.89. The van der Waals surface area contributed by atoms with Crippen molar-refractivity contribution < 1.29 is 14.3 Å². The Morgan fingerprint density at radius 3 is 2.19 bits per heavy atom. The Morgan fingerprint density at radius 2 is 1.39 bits per heavy atom. The lowest BCUT2D eigenvalue weighted by atomic mass is 9.92. The van der Waals surface area contributed by atoms with Crippen molar-refractivity contribution in [2.45, 2.75) is 19.0 Å². The van der Waals surface area contributed by atoms with E-state index in [2.05, 4.69) is 24.4 Å². The first-order valence-electron chi connectivity index (χ1n) is 12.3. The molecule has 0 saturated carbocycles. The van der Waals surface area contributed by atoms with Gasteiger partial charge in [0.15, 0.2) is 0 Å². The van der Waals surface area contributed by atoms with Crippen LogP contribution in [0.5, 0.6) is 11.5 Å². The Labute approximate surface area is 212 Å². The molecule has 0 aliphatic carbocycles. The summed E-state index contributed by atoms with van der Waals surface area (Å²) in [5.41, 5.74) is 2.80. The van der Waals surface area contributed by atoms with E-state index in [-0.39, 0.29) is 5.91 Å². The fourth-order valence-corrected chi connectivity index (χ4v) is 4.70. The summed E-state index contributed by atoms with van der Waals surface area (Å²) < 4.78 is 12.0. The van der Waals surface area contributed by atoms with Crippen molar-refractivity contribution in [3.63, 3.8) is 0 Å². The summed E-state index contributed by atoms with van der Waals surface area (Å²) in [6.07, 6.45) is 0.750. The van der Waals surface area contributed by atoms with E-state index in [0.717, 1.165) is 29.2 Å². The molecule has 182 valence electrons. The highest BCUT2D eigenvalue weighted by atomic mass is 16.5. The zero-order valence-electron chi connectivity index (χ0n) is 20.4. The summed E-state index contributed by atoms with van der Waals surface area (Å²) in [5, 5.41) is 3.66. The number of ether oxygens (including phenoxy) is 2. The molecule has 1 heterocycles. The molecule has 1 atom stereocenters. The molecule has 4 aromatic rings. The maximum absolute atomic E-state index is 13.8. The monoisotopic (exact) mass is 478 g/mol. The van der Waals surface area contributed by atoms with Crippen molar-refractivity contribution >= 4 is 11.6 Å². The van der Waals surface area contributed by atoms with E-state index >= 15 is 0 Å². The first-order valence-corrected chi connectivity index (χ1v) is 12.3. The van der Waals surface area contributed by atoms with Crippen LogP contribution >= 0.6 is 0 Å². The minimum Gasteiger partial charge on any atom is -0.490 e. The number of benzene rings is 4. The molecule has 1 unspecified atom stereocenters. The molecule has 0 spiro atoms. The molecule has 4 aromatic carbocycles. The van der Waals surface area contributed by atoms with E-state index in [9.17, 15) is 4.79 Å². The highest BCUT2D eigenvalue weighted by Gasteiger charge is 2.43. The molecule has 1 N–H and O–H groups in total. The highest BCUT2D eigenvalue weighted by molar-refractivity contribution is 6.02. The largest absolute Gasteiger partial charge is 0.490 e. The van der Waals surface area contributed by atoms with Crippen molar-refractivity contribution in [3.8, 4) is 11.5 Å². The number of carbonyl (C=O) groups is 1. The van der Waals surface area contributed by atoms with E-state index in [4.69, 9.17) is 9.47 Å². The van der Waals surface area contributed by atoms with Crippen molar-refractivity contribution in [2.75, 3.05) is 25.1 Å².